The van der Waals surface area contributed by atoms with Crippen LogP contribution >= 0.6 is 11.6 Å². The van der Waals surface area contributed by atoms with Gasteiger partial charge in [-0.15, -0.1) is 0 Å². The maximum absolute atomic E-state index is 13.4. The number of pyridine rings is 1. The number of amides is 1. The number of nitrogens with one attached hydrogen (secondary N) is 2. The van der Waals surface area contributed by atoms with Gasteiger partial charge in [-0.1, -0.05) is 23.7 Å². The second kappa shape index (κ2) is 13.8. The number of halogens is 1. The van der Waals surface area contributed by atoms with Crippen molar-refractivity contribution >= 4 is 17.5 Å². The minimum atomic E-state index is -0.237. The lowest BCUT2D eigenvalue weighted by molar-refractivity contribution is -0.119. The van der Waals surface area contributed by atoms with Crippen molar-refractivity contribution in [1.29, 1.82) is 5.26 Å². The van der Waals surface area contributed by atoms with E-state index in [-0.39, 0.29) is 30.7 Å². The van der Waals surface area contributed by atoms with Crippen LogP contribution in [0.3, 0.4) is 0 Å². The second-order valence-electron chi connectivity index (χ2n) is 10.8. The van der Waals surface area contributed by atoms with Crippen LogP contribution in [0.4, 0.5) is 0 Å². The molecule has 1 saturated heterocycles. The Bertz CT molecular complexity index is 1820. The summed E-state index contributed by atoms with van der Waals surface area (Å²) in [4.78, 5) is 25.0. The van der Waals surface area contributed by atoms with Crippen molar-refractivity contribution in [2.24, 2.45) is 0 Å². The van der Waals surface area contributed by atoms with Gasteiger partial charge in [0.15, 0.2) is 11.5 Å². The first-order chi connectivity index (χ1) is 22.0. The van der Waals surface area contributed by atoms with Crippen molar-refractivity contribution < 1.29 is 23.7 Å². The molecule has 0 aliphatic carbocycles. The summed E-state index contributed by atoms with van der Waals surface area (Å²) in [5.74, 6) is 2.20. The monoisotopic (exact) mass is 626 g/mol. The smallest absolute Gasteiger partial charge is 0.261 e. The lowest BCUT2D eigenvalue weighted by atomic mass is 10.1. The maximum atomic E-state index is 13.4. The van der Waals surface area contributed by atoms with E-state index in [0.717, 1.165) is 17.5 Å². The Hall–Kier alpha value is -4.98. The van der Waals surface area contributed by atoms with E-state index in [1.807, 2.05) is 12.1 Å². The molecule has 1 fully saturated rings. The molecule has 230 valence electrons. The molecule has 0 spiro atoms. The Balaban J connectivity index is 1.20. The van der Waals surface area contributed by atoms with Crippen molar-refractivity contribution in [3.8, 4) is 34.8 Å². The highest BCUT2D eigenvalue weighted by Gasteiger charge is 2.21. The predicted octanol–water partition coefficient (Wildman–Crippen LogP) is 4.66. The van der Waals surface area contributed by atoms with E-state index in [0.29, 0.717) is 77.6 Å². The molecule has 3 aromatic carbocycles. The number of aromatic nitrogens is 1. The number of ether oxygens (including phenoxy) is 4. The highest BCUT2D eigenvalue weighted by atomic mass is 35.5. The molecule has 1 atom stereocenters. The van der Waals surface area contributed by atoms with Crippen LogP contribution in [0.15, 0.2) is 77.7 Å². The summed E-state index contributed by atoms with van der Waals surface area (Å²) in [5.41, 5.74) is 3.02. The Morgan fingerprint density at radius 1 is 0.956 bits per heavy atom. The quantitative estimate of drug-likeness (QED) is 0.246. The molecule has 6 rings (SSSR count). The van der Waals surface area contributed by atoms with E-state index in [2.05, 4.69) is 16.7 Å². The summed E-state index contributed by atoms with van der Waals surface area (Å²) in [6.07, 6.45) is 3.01. The number of hydrogen-bond acceptors (Lipinski definition) is 8. The summed E-state index contributed by atoms with van der Waals surface area (Å²) < 4.78 is 25.1. The molecule has 2 N–H and O–H groups in total. The van der Waals surface area contributed by atoms with Gasteiger partial charge in [-0.2, -0.15) is 5.26 Å². The normalized spacial score (nSPS) is 15.3. The third kappa shape index (κ3) is 7.23. The van der Waals surface area contributed by atoms with Crippen molar-refractivity contribution in [2.75, 3.05) is 19.8 Å². The van der Waals surface area contributed by atoms with Crippen LogP contribution in [0, 0.1) is 11.3 Å². The largest absolute Gasteiger partial charge is 0.488 e. The summed E-state index contributed by atoms with van der Waals surface area (Å²) in [7, 11) is 0. The number of carbonyl (C=O) groups is 1. The van der Waals surface area contributed by atoms with Gasteiger partial charge in [-0.3, -0.25) is 14.2 Å². The van der Waals surface area contributed by atoms with Gasteiger partial charge in [0.05, 0.1) is 27.9 Å². The van der Waals surface area contributed by atoms with Crippen molar-refractivity contribution in [3.63, 3.8) is 0 Å². The summed E-state index contributed by atoms with van der Waals surface area (Å²) >= 11 is 6.67. The number of benzene rings is 3. The fraction of sp³-hybridized carbons (Fsp3) is 0.265. The molecule has 0 radical (unpaired) electrons. The van der Waals surface area contributed by atoms with Gasteiger partial charge in [-0.25, -0.2) is 0 Å². The third-order valence-corrected chi connectivity index (χ3v) is 7.87. The SMILES string of the molecule is N#Cc1cccc(COc2cc(OCc3cccn(-c4ccc5c(c4)OCCO5)c3=O)c(Cl)cc2CNC[C@@H]2CCC(=O)N2)c1. The van der Waals surface area contributed by atoms with E-state index in [4.69, 9.17) is 30.5 Å². The molecule has 2 aliphatic heterocycles. The molecule has 1 amide bonds. The Morgan fingerprint density at radius 2 is 1.80 bits per heavy atom. The molecule has 10 nitrogen and oxygen atoms in total. The van der Waals surface area contributed by atoms with Gasteiger partial charge in [0.1, 0.15) is 37.9 Å². The van der Waals surface area contributed by atoms with Gasteiger partial charge >= 0.3 is 0 Å². The molecular formula is C34H31ClN4O6. The first-order valence-electron chi connectivity index (χ1n) is 14.6. The lowest BCUT2D eigenvalue weighted by Crippen LogP contribution is -2.35. The summed E-state index contributed by atoms with van der Waals surface area (Å²) in [6.45, 7) is 2.19. The molecule has 1 aromatic heterocycles. The number of carbonyl (C=O) groups excluding carboxylic acids is 1. The number of nitriles is 1. The fourth-order valence-corrected chi connectivity index (χ4v) is 5.49. The molecule has 0 saturated carbocycles. The lowest BCUT2D eigenvalue weighted by Gasteiger charge is -2.19. The van der Waals surface area contributed by atoms with E-state index in [9.17, 15) is 14.9 Å². The molecule has 0 bridgehead atoms. The Kier molecular flexibility index (Phi) is 9.19. The van der Waals surface area contributed by atoms with Crippen molar-refractivity contribution in [1.82, 2.24) is 15.2 Å². The van der Waals surface area contributed by atoms with Gasteiger partial charge in [0.25, 0.3) is 5.56 Å². The second-order valence-corrected chi connectivity index (χ2v) is 11.2. The van der Waals surface area contributed by atoms with Gasteiger partial charge < -0.3 is 29.6 Å². The van der Waals surface area contributed by atoms with Crippen LogP contribution in [-0.4, -0.2) is 36.3 Å². The Morgan fingerprint density at radius 3 is 2.62 bits per heavy atom. The molecule has 0 unspecified atom stereocenters. The van der Waals surface area contributed by atoms with E-state index in [1.165, 1.54) is 4.57 Å². The number of nitrogens with zero attached hydrogens (tertiary/aromatic N) is 2. The van der Waals surface area contributed by atoms with E-state index < -0.39 is 0 Å². The Labute approximate surface area is 265 Å². The minimum absolute atomic E-state index is 0.0213. The topological polar surface area (TPSA) is 124 Å². The molecule has 11 heteroatoms. The molecule has 3 heterocycles. The fourth-order valence-electron chi connectivity index (χ4n) is 5.25. The average Bonchev–Trinajstić information content (AvgIpc) is 3.48. The molecular weight excluding hydrogens is 596 g/mol. The number of fused-ring (bicyclic) bond motifs is 1. The average molecular weight is 627 g/mol. The first kappa shape index (κ1) is 30.1. The zero-order valence-corrected chi connectivity index (χ0v) is 25.1. The standard InChI is InChI=1S/C34H31ClN4O6/c35-28-14-25(18-37-19-26-6-9-33(40)38-26)30(44-20-23-4-1-3-22(13-23)17-36)16-31(28)45-21-24-5-2-10-39(34(24)41)27-7-8-29-32(15-27)43-12-11-42-29/h1-5,7-8,10,13-16,26,37H,6,9,11-12,18-21H2,(H,38,40)/t26-/m0/s1. The van der Waals surface area contributed by atoms with Gasteiger partial charge in [0.2, 0.25) is 5.91 Å². The summed E-state index contributed by atoms with van der Waals surface area (Å²) in [5, 5.41) is 16.0. The van der Waals surface area contributed by atoms with Crippen molar-refractivity contribution in [2.45, 2.75) is 38.6 Å². The predicted molar refractivity (Wildman–Crippen MR) is 167 cm³/mol. The third-order valence-electron chi connectivity index (χ3n) is 7.57. The zero-order chi connectivity index (χ0) is 31.2. The van der Waals surface area contributed by atoms with E-state index in [1.54, 1.807) is 60.8 Å². The van der Waals surface area contributed by atoms with Crippen LogP contribution in [-0.2, 0) is 24.6 Å². The molecule has 2 aliphatic rings. The van der Waals surface area contributed by atoms with Crippen LogP contribution in [0.25, 0.3) is 5.69 Å². The number of hydrogen-bond donors (Lipinski definition) is 2. The maximum Gasteiger partial charge on any atom is 0.261 e. The van der Waals surface area contributed by atoms with Crippen LogP contribution < -0.4 is 35.1 Å². The summed E-state index contributed by atoms with van der Waals surface area (Å²) in [6, 6.07) is 21.8. The molecule has 45 heavy (non-hydrogen) atoms. The minimum Gasteiger partial charge on any atom is -0.488 e. The molecule has 4 aromatic rings. The van der Waals surface area contributed by atoms with Crippen LogP contribution in [0.1, 0.15) is 35.1 Å². The zero-order valence-electron chi connectivity index (χ0n) is 24.4. The van der Waals surface area contributed by atoms with Gasteiger partial charge in [0, 0.05) is 49.4 Å². The van der Waals surface area contributed by atoms with Gasteiger partial charge in [-0.05, 0) is 54.4 Å². The van der Waals surface area contributed by atoms with Crippen LogP contribution in [0.2, 0.25) is 5.02 Å². The highest BCUT2D eigenvalue weighted by molar-refractivity contribution is 6.32. The van der Waals surface area contributed by atoms with Crippen molar-refractivity contribution in [3.05, 3.63) is 111 Å². The van der Waals surface area contributed by atoms with Crippen LogP contribution in [0.5, 0.6) is 23.0 Å². The highest BCUT2D eigenvalue weighted by Crippen LogP contribution is 2.34. The van der Waals surface area contributed by atoms with E-state index >= 15 is 0 Å². The first-order valence-corrected chi connectivity index (χ1v) is 15.0. The number of rotatable bonds is 11.